The van der Waals surface area contributed by atoms with E-state index >= 15 is 0 Å². The van der Waals surface area contributed by atoms with Crippen LogP contribution in [0, 0.1) is 6.92 Å². The zero-order chi connectivity index (χ0) is 25.8. The number of aryl methyl sites for hydroxylation is 1. The molecule has 2 saturated heterocycles. The second kappa shape index (κ2) is 10.9. The number of rotatable bonds is 6. The predicted octanol–water partition coefficient (Wildman–Crippen LogP) is 4.82. The monoisotopic (exact) mass is 498 g/mol. The van der Waals surface area contributed by atoms with Gasteiger partial charge in [0.2, 0.25) is 0 Å². The molecule has 7 nitrogen and oxygen atoms in total. The maximum atomic E-state index is 13.6. The minimum absolute atomic E-state index is 0.0334. The number of carbonyl (C=O) groups is 2. The summed E-state index contributed by atoms with van der Waals surface area (Å²) >= 11 is 0. The number of hydrogen-bond acceptors (Lipinski definition) is 5. The van der Waals surface area contributed by atoms with Crippen LogP contribution in [0.4, 0.5) is 17.1 Å². The Morgan fingerprint density at radius 1 is 0.784 bits per heavy atom. The van der Waals surface area contributed by atoms with Gasteiger partial charge < -0.3 is 24.8 Å². The van der Waals surface area contributed by atoms with Crippen LogP contribution in [-0.2, 0) is 0 Å². The quantitative estimate of drug-likeness (QED) is 0.528. The first-order valence-electron chi connectivity index (χ1n) is 13.0. The van der Waals surface area contributed by atoms with E-state index < -0.39 is 0 Å². The Bertz CT molecular complexity index is 1260. The molecule has 2 fully saturated rings. The lowest BCUT2D eigenvalue weighted by Gasteiger charge is -2.38. The van der Waals surface area contributed by atoms with Crippen molar-refractivity contribution in [2.45, 2.75) is 19.8 Å². The number of anilines is 3. The van der Waals surface area contributed by atoms with Gasteiger partial charge in [0.25, 0.3) is 11.8 Å². The standard InChI is InChI=1S/C30H34N4O3/c1-22-9-11-23(12-10-22)29(35)31-24-13-14-26(25(21-24)30(36)34-15-5-6-16-34)32-17-19-33(20-18-32)27-7-3-4-8-28(27)37-2/h3-4,7-14,21H,5-6,15-20H2,1-2H3,(H,31,35). The van der Waals surface area contributed by atoms with Gasteiger partial charge >= 0.3 is 0 Å². The Labute approximate surface area is 218 Å². The summed E-state index contributed by atoms with van der Waals surface area (Å²) in [6.45, 7) is 6.76. The number of carbonyl (C=O) groups excluding carboxylic acids is 2. The van der Waals surface area contributed by atoms with Crippen LogP contribution in [0.3, 0.4) is 0 Å². The lowest BCUT2D eigenvalue weighted by molar-refractivity contribution is 0.0793. The molecular formula is C30H34N4O3. The third-order valence-electron chi connectivity index (χ3n) is 7.24. The number of likely N-dealkylation sites (tertiary alicyclic amines) is 1. The lowest BCUT2D eigenvalue weighted by atomic mass is 10.1. The summed E-state index contributed by atoms with van der Waals surface area (Å²) in [5.74, 6) is 0.721. The predicted molar refractivity (Wildman–Crippen MR) is 148 cm³/mol. The van der Waals surface area contributed by atoms with Crippen LogP contribution in [0.25, 0.3) is 0 Å². The molecule has 0 unspecified atom stereocenters. The number of nitrogens with one attached hydrogen (secondary N) is 1. The topological polar surface area (TPSA) is 65.1 Å². The Morgan fingerprint density at radius 2 is 1.43 bits per heavy atom. The SMILES string of the molecule is COc1ccccc1N1CCN(c2ccc(NC(=O)c3ccc(C)cc3)cc2C(=O)N2CCCC2)CC1. The maximum Gasteiger partial charge on any atom is 0.256 e. The fraction of sp³-hybridized carbons (Fsp3) is 0.333. The van der Waals surface area contributed by atoms with Crippen molar-refractivity contribution in [2.24, 2.45) is 0 Å². The normalized spacial score (nSPS) is 15.6. The summed E-state index contributed by atoms with van der Waals surface area (Å²) in [4.78, 5) is 33.0. The number of nitrogens with zero attached hydrogens (tertiary/aromatic N) is 3. The van der Waals surface area contributed by atoms with E-state index in [1.165, 1.54) is 0 Å². The highest BCUT2D eigenvalue weighted by Gasteiger charge is 2.27. The van der Waals surface area contributed by atoms with E-state index in [4.69, 9.17) is 4.74 Å². The fourth-order valence-electron chi connectivity index (χ4n) is 5.14. The first-order valence-corrected chi connectivity index (χ1v) is 13.0. The number of hydrogen-bond donors (Lipinski definition) is 1. The van der Waals surface area contributed by atoms with Crippen molar-refractivity contribution in [2.75, 3.05) is 61.5 Å². The Balaban J connectivity index is 1.37. The van der Waals surface area contributed by atoms with Gasteiger partial charge in [0, 0.05) is 56.2 Å². The molecule has 0 saturated carbocycles. The average Bonchev–Trinajstić information content (AvgIpc) is 3.48. The summed E-state index contributed by atoms with van der Waals surface area (Å²) in [7, 11) is 1.70. The van der Waals surface area contributed by atoms with Crippen LogP contribution in [0.1, 0.15) is 39.1 Å². The first-order chi connectivity index (χ1) is 18.0. The number of ether oxygens (including phenoxy) is 1. The smallest absolute Gasteiger partial charge is 0.256 e. The van der Waals surface area contributed by atoms with Gasteiger partial charge in [-0.1, -0.05) is 29.8 Å². The van der Waals surface area contributed by atoms with Crippen LogP contribution in [0.5, 0.6) is 5.75 Å². The largest absolute Gasteiger partial charge is 0.495 e. The number of methoxy groups -OCH3 is 1. The van der Waals surface area contributed by atoms with Gasteiger partial charge in [-0.3, -0.25) is 9.59 Å². The fourth-order valence-corrected chi connectivity index (χ4v) is 5.14. The number of benzene rings is 3. The van der Waals surface area contributed by atoms with Gasteiger partial charge in [-0.05, 0) is 62.2 Å². The molecule has 3 aromatic rings. The van der Waals surface area contributed by atoms with Crippen LogP contribution < -0.4 is 19.9 Å². The molecule has 7 heteroatoms. The molecular weight excluding hydrogens is 464 g/mol. The number of piperazine rings is 1. The molecule has 37 heavy (non-hydrogen) atoms. The van der Waals surface area contributed by atoms with E-state index in [-0.39, 0.29) is 11.8 Å². The summed E-state index contributed by atoms with van der Waals surface area (Å²) < 4.78 is 5.56. The van der Waals surface area contributed by atoms with Crippen molar-refractivity contribution in [3.8, 4) is 5.75 Å². The van der Waals surface area contributed by atoms with Crippen LogP contribution in [0.15, 0.2) is 66.7 Å². The third kappa shape index (κ3) is 5.40. The number of para-hydroxylation sites is 2. The van der Waals surface area contributed by atoms with Crippen molar-refractivity contribution in [1.82, 2.24) is 4.90 Å². The van der Waals surface area contributed by atoms with Gasteiger partial charge in [-0.15, -0.1) is 0 Å². The highest BCUT2D eigenvalue weighted by atomic mass is 16.5. The highest BCUT2D eigenvalue weighted by molar-refractivity contribution is 6.06. The summed E-state index contributed by atoms with van der Waals surface area (Å²) in [5, 5.41) is 2.98. The van der Waals surface area contributed by atoms with E-state index in [0.29, 0.717) is 16.8 Å². The van der Waals surface area contributed by atoms with Gasteiger partial charge in [0.05, 0.1) is 18.4 Å². The molecule has 2 aliphatic heterocycles. The molecule has 0 bridgehead atoms. The van der Waals surface area contributed by atoms with E-state index in [0.717, 1.165) is 74.8 Å². The second-order valence-corrected chi connectivity index (χ2v) is 9.70. The minimum atomic E-state index is -0.183. The molecule has 0 radical (unpaired) electrons. The molecule has 2 amide bonds. The third-order valence-corrected chi connectivity index (χ3v) is 7.24. The van der Waals surface area contributed by atoms with Crippen LogP contribution in [0.2, 0.25) is 0 Å². The zero-order valence-corrected chi connectivity index (χ0v) is 21.6. The Hall–Kier alpha value is -4.00. The van der Waals surface area contributed by atoms with Crippen molar-refractivity contribution >= 4 is 28.9 Å². The summed E-state index contributed by atoms with van der Waals surface area (Å²) in [6.07, 6.45) is 2.06. The molecule has 3 aromatic carbocycles. The van der Waals surface area contributed by atoms with E-state index in [9.17, 15) is 9.59 Å². The molecule has 0 spiro atoms. The molecule has 1 N–H and O–H groups in total. The van der Waals surface area contributed by atoms with Crippen molar-refractivity contribution < 1.29 is 14.3 Å². The van der Waals surface area contributed by atoms with Gasteiger partial charge in [-0.25, -0.2) is 0 Å². The van der Waals surface area contributed by atoms with E-state index in [2.05, 4.69) is 21.2 Å². The second-order valence-electron chi connectivity index (χ2n) is 9.70. The Morgan fingerprint density at radius 3 is 2.11 bits per heavy atom. The first kappa shape index (κ1) is 24.7. The molecule has 0 atom stereocenters. The molecule has 2 heterocycles. The Kier molecular flexibility index (Phi) is 7.30. The number of amides is 2. The molecule has 2 aliphatic rings. The summed E-state index contributed by atoms with van der Waals surface area (Å²) in [5.41, 5.74) is 4.98. The zero-order valence-electron chi connectivity index (χ0n) is 21.6. The van der Waals surface area contributed by atoms with Crippen molar-refractivity contribution in [3.63, 3.8) is 0 Å². The van der Waals surface area contributed by atoms with Crippen LogP contribution >= 0.6 is 0 Å². The van der Waals surface area contributed by atoms with E-state index in [1.807, 2.05) is 72.5 Å². The van der Waals surface area contributed by atoms with E-state index in [1.54, 1.807) is 7.11 Å². The molecule has 5 rings (SSSR count). The van der Waals surface area contributed by atoms with Gasteiger partial charge in [-0.2, -0.15) is 0 Å². The average molecular weight is 499 g/mol. The lowest BCUT2D eigenvalue weighted by Crippen LogP contribution is -2.47. The van der Waals surface area contributed by atoms with Crippen molar-refractivity contribution in [1.29, 1.82) is 0 Å². The maximum absolute atomic E-state index is 13.6. The van der Waals surface area contributed by atoms with Gasteiger partial charge in [0.1, 0.15) is 5.75 Å². The molecule has 0 aliphatic carbocycles. The molecule has 192 valence electrons. The van der Waals surface area contributed by atoms with Crippen LogP contribution in [-0.4, -0.2) is 63.1 Å². The summed E-state index contributed by atoms with van der Waals surface area (Å²) in [6, 6.07) is 21.3. The molecule has 0 aromatic heterocycles. The minimum Gasteiger partial charge on any atom is -0.495 e. The van der Waals surface area contributed by atoms with Crippen molar-refractivity contribution in [3.05, 3.63) is 83.4 Å². The highest BCUT2D eigenvalue weighted by Crippen LogP contribution is 2.32. The van der Waals surface area contributed by atoms with Gasteiger partial charge in [0.15, 0.2) is 0 Å².